The van der Waals surface area contributed by atoms with Gasteiger partial charge in [0, 0.05) is 20.1 Å². The lowest BCUT2D eigenvalue weighted by Gasteiger charge is -2.28. The summed E-state index contributed by atoms with van der Waals surface area (Å²) in [6.45, 7) is 8.12. The third-order valence-corrected chi connectivity index (χ3v) is 2.99. The zero-order valence-electron chi connectivity index (χ0n) is 12.9. The number of hydrogen-bond donors (Lipinski definition) is 1. The minimum atomic E-state index is -0.931. The van der Waals surface area contributed by atoms with Gasteiger partial charge in [0.25, 0.3) is 0 Å². The number of nitrogens with zero attached hydrogens (tertiary/aromatic N) is 4. The van der Waals surface area contributed by atoms with Gasteiger partial charge in [0.05, 0.1) is 10.5 Å². The molecule has 7 heteroatoms. The van der Waals surface area contributed by atoms with Crippen molar-refractivity contribution in [2.45, 2.75) is 46.1 Å². The number of hydrogen-bond acceptors (Lipinski definition) is 5. The van der Waals surface area contributed by atoms with E-state index in [9.17, 15) is 15.2 Å². The van der Waals surface area contributed by atoms with Crippen molar-refractivity contribution in [2.24, 2.45) is 7.05 Å². The van der Waals surface area contributed by atoms with E-state index in [1.165, 1.54) is 0 Å². The maximum atomic E-state index is 11.4. The molecule has 1 aromatic rings. The van der Waals surface area contributed by atoms with Crippen molar-refractivity contribution in [1.29, 1.82) is 0 Å². The summed E-state index contributed by atoms with van der Waals surface area (Å²) in [5, 5.41) is 25.6. The van der Waals surface area contributed by atoms with E-state index < -0.39 is 5.60 Å². The van der Waals surface area contributed by atoms with Crippen LogP contribution in [0.15, 0.2) is 0 Å². The summed E-state index contributed by atoms with van der Waals surface area (Å²) < 4.78 is 1.54. The topological polar surface area (TPSA) is 84.4 Å². The maximum Gasteiger partial charge on any atom is 0.334 e. The third kappa shape index (κ3) is 3.69. The van der Waals surface area contributed by atoms with Crippen LogP contribution >= 0.6 is 0 Å². The van der Waals surface area contributed by atoms with Crippen molar-refractivity contribution in [3.05, 3.63) is 15.8 Å². The van der Waals surface area contributed by atoms with Crippen LogP contribution in [0.4, 0.5) is 11.5 Å². The smallest absolute Gasteiger partial charge is 0.334 e. The highest BCUT2D eigenvalue weighted by molar-refractivity contribution is 5.61. The van der Waals surface area contributed by atoms with Gasteiger partial charge in [-0.2, -0.15) is 5.10 Å². The number of likely N-dealkylation sites (N-methyl/N-ethyl adjacent to an activating group) is 1. The van der Waals surface area contributed by atoms with Crippen LogP contribution in [-0.4, -0.2) is 38.5 Å². The van der Waals surface area contributed by atoms with Crippen LogP contribution in [0.5, 0.6) is 0 Å². The van der Waals surface area contributed by atoms with Gasteiger partial charge in [0.2, 0.25) is 5.82 Å². The maximum absolute atomic E-state index is 11.4. The molecule has 1 aromatic heterocycles. The quantitative estimate of drug-likeness (QED) is 0.610. The van der Waals surface area contributed by atoms with E-state index in [1.807, 2.05) is 13.8 Å². The van der Waals surface area contributed by atoms with Gasteiger partial charge < -0.3 is 10.0 Å². The Morgan fingerprint density at radius 1 is 1.45 bits per heavy atom. The molecule has 7 nitrogen and oxygen atoms in total. The predicted molar refractivity (Wildman–Crippen MR) is 78.0 cm³/mol. The largest absolute Gasteiger partial charge is 0.389 e. The SMILES string of the molecule is CCCc1nn(C)c(N(CC)CC(C)(C)O)c1[N+](=O)[O-]. The van der Waals surface area contributed by atoms with Crippen molar-refractivity contribution in [3.8, 4) is 0 Å². The van der Waals surface area contributed by atoms with Crippen LogP contribution in [0.2, 0.25) is 0 Å². The highest BCUT2D eigenvalue weighted by Crippen LogP contribution is 2.32. The minimum Gasteiger partial charge on any atom is -0.389 e. The Morgan fingerprint density at radius 3 is 2.45 bits per heavy atom. The Kier molecular flexibility index (Phi) is 5.10. The zero-order chi connectivity index (χ0) is 15.5. The monoisotopic (exact) mass is 284 g/mol. The van der Waals surface area contributed by atoms with Gasteiger partial charge in [-0.25, -0.2) is 4.68 Å². The Bertz CT molecular complexity index is 477. The van der Waals surface area contributed by atoms with Crippen LogP contribution in [0.1, 0.15) is 39.8 Å². The van der Waals surface area contributed by atoms with Crippen LogP contribution in [0, 0.1) is 10.1 Å². The number of nitro groups is 1. The first kappa shape index (κ1) is 16.4. The van der Waals surface area contributed by atoms with Gasteiger partial charge in [0.15, 0.2) is 0 Å². The van der Waals surface area contributed by atoms with Crippen LogP contribution in [0.25, 0.3) is 0 Å². The second-order valence-corrected chi connectivity index (χ2v) is 5.58. The molecule has 0 saturated carbocycles. The molecule has 0 spiro atoms. The van der Waals surface area contributed by atoms with E-state index in [0.29, 0.717) is 31.0 Å². The molecule has 0 aromatic carbocycles. The fraction of sp³-hybridized carbons (Fsp3) is 0.769. The molecule has 0 aliphatic heterocycles. The van der Waals surface area contributed by atoms with E-state index >= 15 is 0 Å². The number of rotatable bonds is 7. The Hall–Kier alpha value is -1.63. The predicted octanol–water partition coefficient (Wildman–Crippen LogP) is 1.88. The van der Waals surface area contributed by atoms with Crippen molar-refractivity contribution >= 4 is 11.5 Å². The number of anilines is 1. The highest BCUT2D eigenvalue weighted by Gasteiger charge is 2.31. The Labute approximate surface area is 119 Å². The molecule has 114 valence electrons. The van der Waals surface area contributed by atoms with Gasteiger partial charge in [-0.15, -0.1) is 0 Å². The molecule has 1 N–H and O–H groups in total. The molecule has 0 atom stereocenters. The van der Waals surface area contributed by atoms with Crippen molar-refractivity contribution in [1.82, 2.24) is 9.78 Å². The number of aliphatic hydroxyl groups is 1. The molecule has 0 bridgehead atoms. The summed E-state index contributed by atoms with van der Waals surface area (Å²) in [7, 11) is 1.70. The van der Waals surface area contributed by atoms with Gasteiger partial charge >= 0.3 is 5.69 Å². The average molecular weight is 284 g/mol. The fourth-order valence-electron chi connectivity index (χ4n) is 2.31. The van der Waals surface area contributed by atoms with E-state index in [2.05, 4.69) is 5.10 Å². The molecule has 0 unspecified atom stereocenters. The zero-order valence-corrected chi connectivity index (χ0v) is 12.9. The Balaban J connectivity index is 3.30. The summed E-state index contributed by atoms with van der Waals surface area (Å²) in [6.07, 6.45) is 1.37. The molecule has 0 amide bonds. The van der Waals surface area contributed by atoms with Gasteiger partial charge in [-0.1, -0.05) is 13.3 Å². The highest BCUT2D eigenvalue weighted by atomic mass is 16.6. The van der Waals surface area contributed by atoms with Crippen molar-refractivity contribution in [3.63, 3.8) is 0 Å². The first-order valence-electron chi connectivity index (χ1n) is 6.88. The summed E-state index contributed by atoms with van der Waals surface area (Å²) in [6, 6.07) is 0. The van der Waals surface area contributed by atoms with E-state index in [1.54, 1.807) is 30.5 Å². The molecule has 0 aliphatic rings. The van der Waals surface area contributed by atoms with Gasteiger partial charge in [-0.05, 0) is 27.2 Å². The number of aromatic nitrogens is 2. The van der Waals surface area contributed by atoms with Crippen LogP contribution < -0.4 is 4.90 Å². The molecule has 20 heavy (non-hydrogen) atoms. The van der Waals surface area contributed by atoms with Gasteiger partial charge in [-0.3, -0.25) is 10.1 Å². The summed E-state index contributed by atoms with van der Waals surface area (Å²) >= 11 is 0. The van der Waals surface area contributed by atoms with Crippen molar-refractivity contribution < 1.29 is 10.0 Å². The normalized spacial score (nSPS) is 11.7. The summed E-state index contributed by atoms with van der Waals surface area (Å²) in [5.41, 5.74) is -0.372. The summed E-state index contributed by atoms with van der Waals surface area (Å²) in [4.78, 5) is 12.8. The van der Waals surface area contributed by atoms with Gasteiger partial charge in [0.1, 0.15) is 5.69 Å². The number of aryl methyl sites for hydroxylation is 2. The fourth-order valence-corrected chi connectivity index (χ4v) is 2.31. The molecular formula is C13H24N4O3. The van der Waals surface area contributed by atoms with Crippen LogP contribution in [0.3, 0.4) is 0 Å². The molecule has 0 saturated heterocycles. The Morgan fingerprint density at radius 2 is 2.05 bits per heavy atom. The standard InChI is InChI=1S/C13H24N4O3/c1-6-8-10-11(17(19)20)12(15(5)14-10)16(7-2)9-13(3,4)18/h18H,6-9H2,1-5H3. The van der Waals surface area contributed by atoms with E-state index in [0.717, 1.165) is 6.42 Å². The molecule has 0 aliphatic carbocycles. The van der Waals surface area contributed by atoms with E-state index in [4.69, 9.17) is 0 Å². The lowest BCUT2D eigenvalue weighted by molar-refractivity contribution is -0.384. The average Bonchev–Trinajstić information content (AvgIpc) is 2.62. The van der Waals surface area contributed by atoms with Crippen molar-refractivity contribution in [2.75, 3.05) is 18.0 Å². The first-order chi connectivity index (χ1) is 9.21. The third-order valence-electron chi connectivity index (χ3n) is 2.99. The molecule has 1 rings (SSSR count). The molecule has 0 fully saturated rings. The lowest BCUT2D eigenvalue weighted by atomic mass is 10.1. The minimum absolute atomic E-state index is 0.0560. The van der Waals surface area contributed by atoms with Crippen LogP contribution in [-0.2, 0) is 13.5 Å². The second kappa shape index (κ2) is 6.21. The molecular weight excluding hydrogens is 260 g/mol. The summed E-state index contributed by atoms with van der Waals surface area (Å²) in [5.74, 6) is 0.461. The lowest BCUT2D eigenvalue weighted by Crippen LogP contribution is -2.39. The first-order valence-corrected chi connectivity index (χ1v) is 6.88. The molecule has 0 radical (unpaired) electrons. The molecule has 1 heterocycles. The van der Waals surface area contributed by atoms with E-state index in [-0.39, 0.29) is 10.6 Å². The second-order valence-electron chi connectivity index (χ2n) is 5.58.